The number of aliphatic carboxylic acids is 1. The predicted molar refractivity (Wildman–Crippen MR) is 110 cm³/mol. The van der Waals surface area contributed by atoms with Gasteiger partial charge < -0.3 is 16.2 Å². The molecule has 0 aromatic rings. The molecule has 0 rings (SSSR count). The number of carbonyl (C=O) groups is 2. The summed E-state index contributed by atoms with van der Waals surface area (Å²) < 4.78 is 0. The quantitative estimate of drug-likeness (QED) is 0.252. The van der Waals surface area contributed by atoms with Crippen LogP contribution in [0.4, 0.5) is 0 Å². The standard InChI is InChI=1S/C21H39NO3.H3N/c1-3-4-5-6-7-8-9-10-11-12-13-14-15-16-17-18-20(23)22(2)19-21(24)25;/h10-11H,3-9,12-19H2,1-2H3,(H,24,25);1H3. The first-order valence-electron chi connectivity index (χ1n) is 10.2. The minimum Gasteiger partial charge on any atom is -0.480 e. The van der Waals surface area contributed by atoms with E-state index in [1.54, 1.807) is 7.05 Å². The summed E-state index contributed by atoms with van der Waals surface area (Å²) in [7, 11) is 1.55. The molecule has 0 fully saturated rings. The van der Waals surface area contributed by atoms with E-state index in [0.717, 1.165) is 25.7 Å². The van der Waals surface area contributed by atoms with Crippen LogP contribution in [0.2, 0.25) is 0 Å². The van der Waals surface area contributed by atoms with Crippen LogP contribution in [0.1, 0.15) is 96.8 Å². The van der Waals surface area contributed by atoms with Gasteiger partial charge in [-0.25, -0.2) is 0 Å². The molecule has 5 heteroatoms. The summed E-state index contributed by atoms with van der Waals surface area (Å²) in [6.45, 7) is 2.05. The first kappa shape index (κ1) is 26.9. The zero-order valence-corrected chi connectivity index (χ0v) is 17.2. The average Bonchev–Trinajstić information content (AvgIpc) is 2.57. The van der Waals surface area contributed by atoms with Gasteiger partial charge in [0.05, 0.1) is 0 Å². The zero-order chi connectivity index (χ0) is 18.8. The van der Waals surface area contributed by atoms with Gasteiger partial charge in [0.25, 0.3) is 0 Å². The summed E-state index contributed by atoms with van der Waals surface area (Å²) in [6.07, 6.45) is 21.1. The van der Waals surface area contributed by atoms with Gasteiger partial charge >= 0.3 is 5.97 Å². The minimum atomic E-state index is -0.958. The van der Waals surface area contributed by atoms with Crippen LogP contribution in [-0.4, -0.2) is 35.5 Å². The fourth-order valence-electron chi connectivity index (χ4n) is 2.83. The molecule has 4 N–H and O–H groups in total. The fraction of sp³-hybridized carbons (Fsp3) is 0.810. The van der Waals surface area contributed by atoms with Gasteiger partial charge in [-0.05, 0) is 32.1 Å². The maximum Gasteiger partial charge on any atom is 0.323 e. The lowest BCUT2D eigenvalue weighted by molar-refractivity contribution is -0.143. The van der Waals surface area contributed by atoms with Crippen molar-refractivity contribution >= 4 is 11.9 Å². The van der Waals surface area contributed by atoms with Crippen LogP contribution in [-0.2, 0) is 9.59 Å². The Bertz CT molecular complexity index is 370. The van der Waals surface area contributed by atoms with Crippen LogP contribution >= 0.6 is 0 Å². The molecule has 5 nitrogen and oxygen atoms in total. The second-order valence-electron chi connectivity index (χ2n) is 6.98. The van der Waals surface area contributed by atoms with E-state index in [-0.39, 0.29) is 18.6 Å². The zero-order valence-electron chi connectivity index (χ0n) is 17.2. The number of carboxylic acids is 1. The highest BCUT2D eigenvalue weighted by molar-refractivity contribution is 5.80. The lowest BCUT2D eigenvalue weighted by Gasteiger charge is -2.14. The smallest absolute Gasteiger partial charge is 0.323 e. The second-order valence-corrected chi connectivity index (χ2v) is 6.98. The summed E-state index contributed by atoms with van der Waals surface area (Å²) in [4.78, 5) is 23.5. The molecule has 26 heavy (non-hydrogen) atoms. The molecule has 0 aliphatic rings. The van der Waals surface area contributed by atoms with Gasteiger partial charge in [0.1, 0.15) is 6.54 Å². The number of nitrogens with zero attached hydrogens (tertiary/aromatic N) is 1. The molecular weight excluding hydrogens is 328 g/mol. The molecule has 0 bridgehead atoms. The van der Waals surface area contributed by atoms with Crippen molar-refractivity contribution in [2.24, 2.45) is 0 Å². The molecule has 0 unspecified atom stereocenters. The Morgan fingerprint density at radius 1 is 0.808 bits per heavy atom. The summed E-state index contributed by atoms with van der Waals surface area (Å²) in [5.41, 5.74) is 0. The monoisotopic (exact) mass is 370 g/mol. The van der Waals surface area contributed by atoms with Crippen LogP contribution in [0.3, 0.4) is 0 Å². The third-order valence-corrected chi connectivity index (χ3v) is 4.45. The number of rotatable bonds is 17. The molecule has 0 atom stereocenters. The molecule has 0 heterocycles. The van der Waals surface area contributed by atoms with Crippen molar-refractivity contribution in [3.05, 3.63) is 12.2 Å². The van der Waals surface area contributed by atoms with Gasteiger partial charge in [-0.1, -0.05) is 70.4 Å². The molecule has 0 saturated carbocycles. The lowest BCUT2D eigenvalue weighted by Crippen LogP contribution is -2.31. The van der Waals surface area contributed by atoms with E-state index >= 15 is 0 Å². The predicted octanol–water partition coefficient (Wildman–Crippen LogP) is 5.73. The highest BCUT2D eigenvalue weighted by atomic mass is 16.4. The van der Waals surface area contributed by atoms with Gasteiger partial charge in [-0.2, -0.15) is 0 Å². The Morgan fingerprint density at radius 2 is 1.27 bits per heavy atom. The summed E-state index contributed by atoms with van der Waals surface area (Å²) >= 11 is 0. The van der Waals surface area contributed by atoms with Crippen molar-refractivity contribution in [3.63, 3.8) is 0 Å². The molecule has 0 radical (unpaired) electrons. The number of likely N-dealkylation sites (N-methyl/N-ethyl adjacent to an activating group) is 1. The third-order valence-electron chi connectivity index (χ3n) is 4.45. The summed E-state index contributed by atoms with van der Waals surface area (Å²) in [6, 6.07) is 0. The lowest BCUT2D eigenvalue weighted by atomic mass is 10.1. The summed E-state index contributed by atoms with van der Waals surface area (Å²) in [5.74, 6) is -1.03. The van der Waals surface area contributed by atoms with Crippen molar-refractivity contribution in [3.8, 4) is 0 Å². The Balaban J connectivity index is 0. The van der Waals surface area contributed by atoms with Crippen molar-refractivity contribution in [1.82, 2.24) is 11.1 Å². The van der Waals surface area contributed by atoms with E-state index < -0.39 is 5.97 Å². The van der Waals surface area contributed by atoms with E-state index in [4.69, 9.17) is 5.11 Å². The van der Waals surface area contributed by atoms with Crippen LogP contribution in [0.25, 0.3) is 0 Å². The van der Waals surface area contributed by atoms with Crippen LogP contribution < -0.4 is 6.15 Å². The van der Waals surface area contributed by atoms with Crippen molar-refractivity contribution < 1.29 is 14.7 Å². The molecule has 0 aromatic heterocycles. The van der Waals surface area contributed by atoms with E-state index in [1.165, 1.54) is 62.7 Å². The molecule has 0 saturated heterocycles. The molecule has 0 aliphatic heterocycles. The average molecular weight is 371 g/mol. The fourth-order valence-corrected chi connectivity index (χ4v) is 2.83. The van der Waals surface area contributed by atoms with E-state index in [1.807, 2.05) is 0 Å². The van der Waals surface area contributed by atoms with Gasteiger partial charge in [-0.3, -0.25) is 9.59 Å². The molecule has 0 spiro atoms. The first-order valence-corrected chi connectivity index (χ1v) is 10.2. The molecule has 1 amide bonds. The van der Waals surface area contributed by atoms with Crippen LogP contribution in [0, 0.1) is 0 Å². The van der Waals surface area contributed by atoms with Crippen molar-refractivity contribution in [2.45, 2.75) is 96.8 Å². The number of allylic oxidation sites excluding steroid dienone is 2. The Labute approximate surface area is 160 Å². The molecule has 0 aliphatic carbocycles. The number of hydrogen-bond donors (Lipinski definition) is 2. The maximum absolute atomic E-state index is 11.7. The third kappa shape index (κ3) is 19.0. The number of carboxylic acid groups (broad SMARTS) is 1. The van der Waals surface area contributed by atoms with Crippen molar-refractivity contribution in [2.75, 3.05) is 13.6 Å². The SMILES string of the molecule is CCCCCCCCC=CCCCCCCCC(=O)N(C)CC(=O)O.N. The summed E-state index contributed by atoms with van der Waals surface area (Å²) in [5, 5.41) is 8.64. The van der Waals surface area contributed by atoms with Crippen molar-refractivity contribution in [1.29, 1.82) is 0 Å². The highest BCUT2D eigenvalue weighted by Crippen LogP contribution is 2.10. The number of carbonyl (C=O) groups excluding carboxylic acids is 1. The Morgan fingerprint density at radius 3 is 1.77 bits per heavy atom. The largest absolute Gasteiger partial charge is 0.480 e. The van der Waals surface area contributed by atoms with Crippen LogP contribution in [0.15, 0.2) is 12.2 Å². The Kier molecular flexibility index (Phi) is 20.6. The molecule has 0 aromatic carbocycles. The topological polar surface area (TPSA) is 92.6 Å². The number of hydrogen-bond acceptors (Lipinski definition) is 3. The normalized spacial score (nSPS) is 10.7. The van der Waals surface area contributed by atoms with Gasteiger partial charge in [0, 0.05) is 13.5 Å². The highest BCUT2D eigenvalue weighted by Gasteiger charge is 2.10. The van der Waals surface area contributed by atoms with Crippen LogP contribution in [0.5, 0.6) is 0 Å². The van der Waals surface area contributed by atoms with Gasteiger partial charge in [-0.15, -0.1) is 0 Å². The minimum absolute atomic E-state index is 0. The van der Waals surface area contributed by atoms with E-state index in [9.17, 15) is 9.59 Å². The van der Waals surface area contributed by atoms with Gasteiger partial charge in [0.15, 0.2) is 0 Å². The van der Waals surface area contributed by atoms with Gasteiger partial charge in [0.2, 0.25) is 5.91 Å². The number of amides is 1. The Hall–Kier alpha value is -1.36. The second kappa shape index (κ2) is 20.0. The molecule has 154 valence electrons. The van der Waals surface area contributed by atoms with E-state index in [0.29, 0.717) is 6.42 Å². The first-order chi connectivity index (χ1) is 12.1. The maximum atomic E-state index is 11.7. The number of unbranched alkanes of at least 4 members (excludes halogenated alkanes) is 11. The molecular formula is C21H42N2O3. The van der Waals surface area contributed by atoms with E-state index in [2.05, 4.69) is 19.1 Å².